The third-order valence-corrected chi connectivity index (χ3v) is 3.69. The lowest BCUT2D eigenvalue weighted by molar-refractivity contribution is -0.154. The Morgan fingerprint density at radius 3 is 2.29 bits per heavy atom. The van der Waals surface area contributed by atoms with Crippen molar-refractivity contribution < 1.29 is 36.6 Å². The molecule has 0 atom stereocenters. The Kier molecular flexibility index (Phi) is 5.00. The van der Waals surface area contributed by atoms with E-state index in [1.54, 1.807) is 19.1 Å². The van der Waals surface area contributed by atoms with Gasteiger partial charge in [0.25, 0.3) is 5.76 Å². The molecule has 0 saturated heterocycles. The van der Waals surface area contributed by atoms with Gasteiger partial charge in [-0.2, -0.15) is 13.2 Å². The number of halogens is 3. The quantitative estimate of drug-likeness (QED) is 0.457. The monoisotopic (exact) mass is 394 g/mol. The fourth-order valence-electron chi connectivity index (χ4n) is 2.36. The molecule has 28 heavy (non-hydrogen) atoms. The molecule has 0 amide bonds. The van der Waals surface area contributed by atoms with Gasteiger partial charge in [-0.15, -0.1) is 0 Å². The first-order valence-electron chi connectivity index (χ1n) is 7.87. The Morgan fingerprint density at radius 2 is 1.68 bits per heavy atom. The van der Waals surface area contributed by atoms with Gasteiger partial charge in [-0.25, -0.2) is 4.79 Å². The largest absolute Gasteiger partial charge is 0.513 e. The number of carbonyl (C=O) groups is 1. The molecule has 9 heteroatoms. The highest BCUT2D eigenvalue weighted by Crippen LogP contribution is 2.38. The zero-order valence-corrected chi connectivity index (χ0v) is 14.6. The highest BCUT2D eigenvalue weighted by molar-refractivity contribution is 5.80. The van der Waals surface area contributed by atoms with Crippen LogP contribution in [0.4, 0.5) is 18.0 Å². The Labute approximate surface area is 156 Å². The first-order valence-corrected chi connectivity index (χ1v) is 7.87. The molecule has 0 bridgehead atoms. The van der Waals surface area contributed by atoms with E-state index < -0.39 is 34.9 Å². The fraction of sp³-hybridized carbons (Fsp3) is 0.158. The zero-order valence-electron chi connectivity index (χ0n) is 14.6. The van der Waals surface area contributed by atoms with Gasteiger partial charge in [-0.3, -0.25) is 4.79 Å². The molecule has 0 N–H and O–H groups in total. The predicted octanol–water partition coefficient (Wildman–Crippen LogP) is 5.06. The van der Waals surface area contributed by atoms with E-state index in [4.69, 9.17) is 13.9 Å². The van der Waals surface area contributed by atoms with E-state index in [0.29, 0.717) is 0 Å². The summed E-state index contributed by atoms with van der Waals surface area (Å²) in [7, 11) is 1.07. The zero-order chi connectivity index (χ0) is 20.5. The van der Waals surface area contributed by atoms with Crippen LogP contribution >= 0.6 is 0 Å². The second kappa shape index (κ2) is 7.26. The van der Waals surface area contributed by atoms with Crippen LogP contribution in [0.1, 0.15) is 11.3 Å². The third kappa shape index (κ3) is 3.93. The first kappa shape index (κ1) is 19.3. The molecule has 0 spiro atoms. The number of hydrogen-bond acceptors (Lipinski definition) is 6. The number of methoxy groups -OCH3 is 1. The van der Waals surface area contributed by atoms with Gasteiger partial charge in [0.15, 0.2) is 0 Å². The van der Waals surface area contributed by atoms with E-state index in [0.717, 1.165) is 18.7 Å². The van der Waals surface area contributed by atoms with Crippen molar-refractivity contribution in [3.05, 3.63) is 64.0 Å². The Balaban J connectivity index is 2.15. The molecule has 0 radical (unpaired) electrons. The molecule has 3 aromatic rings. The standard InChI is InChI=1S/C19H13F3O6/c1-10-3-5-11(6-4-10)26-16-15(23)13-8-7-12(27-18(24)25-2)9-14(13)28-17(16)19(20,21)22/h3-9H,1-2H3. The van der Waals surface area contributed by atoms with Crippen LogP contribution in [-0.4, -0.2) is 13.3 Å². The average molecular weight is 394 g/mol. The van der Waals surface area contributed by atoms with Gasteiger partial charge in [0.2, 0.25) is 11.2 Å². The molecule has 1 heterocycles. The molecular formula is C19H13F3O6. The lowest BCUT2D eigenvalue weighted by Crippen LogP contribution is -2.15. The summed E-state index contributed by atoms with van der Waals surface area (Å²) in [6.45, 7) is 1.79. The van der Waals surface area contributed by atoms with Crippen molar-refractivity contribution in [1.82, 2.24) is 0 Å². The van der Waals surface area contributed by atoms with Gasteiger partial charge in [0.05, 0.1) is 12.5 Å². The van der Waals surface area contributed by atoms with Gasteiger partial charge in [0, 0.05) is 6.07 Å². The normalized spacial score (nSPS) is 11.3. The van der Waals surface area contributed by atoms with Crippen LogP contribution in [0, 0.1) is 6.92 Å². The summed E-state index contributed by atoms with van der Waals surface area (Å²) < 4.78 is 59.6. The maximum absolute atomic E-state index is 13.5. The summed E-state index contributed by atoms with van der Waals surface area (Å²) in [6, 6.07) is 9.50. The van der Waals surface area contributed by atoms with E-state index in [1.165, 1.54) is 24.3 Å². The van der Waals surface area contributed by atoms with E-state index >= 15 is 0 Å². The van der Waals surface area contributed by atoms with Crippen molar-refractivity contribution in [3.8, 4) is 17.2 Å². The molecule has 0 fully saturated rings. The van der Waals surface area contributed by atoms with Crippen LogP contribution in [0.25, 0.3) is 11.0 Å². The number of benzene rings is 2. The molecule has 6 nitrogen and oxygen atoms in total. The molecular weight excluding hydrogens is 381 g/mol. The van der Waals surface area contributed by atoms with Crippen molar-refractivity contribution in [2.45, 2.75) is 13.1 Å². The lowest BCUT2D eigenvalue weighted by Gasteiger charge is -2.13. The number of carbonyl (C=O) groups excluding carboxylic acids is 1. The van der Waals surface area contributed by atoms with Crippen LogP contribution in [0.5, 0.6) is 17.2 Å². The van der Waals surface area contributed by atoms with Gasteiger partial charge in [0.1, 0.15) is 17.1 Å². The molecule has 0 aliphatic carbocycles. The first-order chi connectivity index (χ1) is 13.2. The van der Waals surface area contributed by atoms with E-state index in [1.807, 2.05) is 0 Å². The van der Waals surface area contributed by atoms with E-state index in [-0.39, 0.29) is 16.9 Å². The maximum Gasteiger partial charge on any atom is 0.513 e. The van der Waals surface area contributed by atoms with E-state index in [2.05, 4.69) is 4.74 Å². The SMILES string of the molecule is COC(=O)Oc1ccc2c(=O)c(Oc3ccc(C)cc3)c(C(F)(F)F)oc2c1. The van der Waals surface area contributed by atoms with Crippen LogP contribution in [-0.2, 0) is 10.9 Å². The number of alkyl halides is 3. The van der Waals surface area contributed by atoms with Crippen molar-refractivity contribution >= 4 is 17.1 Å². The Morgan fingerprint density at radius 1 is 1.04 bits per heavy atom. The molecule has 3 rings (SSSR count). The van der Waals surface area contributed by atoms with Crippen molar-refractivity contribution in [2.75, 3.05) is 7.11 Å². The van der Waals surface area contributed by atoms with Crippen LogP contribution < -0.4 is 14.9 Å². The van der Waals surface area contributed by atoms with Gasteiger partial charge < -0.3 is 18.6 Å². The highest BCUT2D eigenvalue weighted by Gasteiger charge is 2.40. The van der Waals surface area contributed by atoms with Gasteiger partial charge >= 0.3 is 12.3 Å². The number of hydrogen-bond donors (Lipinski definition) is 0. The van der Waals surface area contributed by atoms with Crippen molar-refractivity contribution in [2.24, 2.45) is 0 Å². The Bertz CT molecular complexity index is 1080. The van der Waals surface area contributed by atoms with Gasteiger partial charge in [-0.05, 0) is 31.2 Å². The number of rotatable bonds is 3. The van der Waals surface area contributed by atoms with E-state index in [9.17, 15) is 22.8 Å². The van der Waals surface area contributed by atoms with Crippen LogP contribution in [0.3, 0.4) is 0 Å². The van der Waals surface area contributed by atoms with Crippen molar-refractivity contribution in [1.29, 1.82) is 0 Å². The predicted molar refractivity (Wildman–Crippen MR) is 91.8 cm³/mol. The summed E-state index contributed by atoms with van der Waals surface area (Å²) in [4.78, 5) is 23.8. The average Bonchev–Trinajstić information content (AvgIpc) is 2.64. The Hall–Kier alpha value is -3.49. The maximum atomic E-state index is 13.5. The second-order valence-electron chi connectivity index (χ2n) is 5.72. The number of fused-ring (bicyclic) bond motifs is 1. The number of ether oxygens (including phenoxy) is 3. The number of aryl methyl sites for hydroxylation is 1. The summed E-state index contributed by atoms with van der Waals surface area (Å²) >= 11 is 0. The smallest absolute Gasteiger partial charge is 0.449 e. The molecule has 0 saturated carbocycles. The summed E-state index contributed by atoms with van der Waals surface area (Å²) in [5, 5.41) is -0.174. The van der Waals surface area contributed by atoms with Gasteiger partial charge in [-0.1, -0.05) is 17.7 Å². The molecule has 0 aliphatic heterocycles. The van der Waals surface area contributed by atoms with Crippen LogP contribution in [0.15, 0.2) is 51.7 Å². The molecule has 0 aliphatic rings. The topological polar surface area (TPSA) is 75.0 Å². The summed E-state index contributed by atoms with van der Waals surface area (Å²) in [5.74, 6) is -2.68. The minimum Gasteiger partial charge on any atom is -0.449 e. The molecule has 0 unspecified atom stereocenters. The molecule has 146 valence electrons. The van der Waals surface area contributed by atoms with Crippen molar-refractivity contribution in [3.63, 3.8) is 0 Å². The third-order valence-electron chi connectivity index (χ3n) is 3.69. The molecule has 2 aromatic carbocycles. The minimum absolute atomic E-state index is 0.0494. The second-order valence-corrected chi connectivity index (χ2v) is 5.72. The summed E-state index contributed by atoms with van der Waals surface area (Å²) in [5.41, 5.74) is -0.569. The highest BCUT2D eigenvalue weighted by atomic mass is 19.4. The minimum atomic E-state index is -4.99. The summed E-state index contributed by atoms with van der Waals surface area (Å²) in [6.07, 6.45) is -6.07. The van der Waals surface area contributed by atoms with Crippen LogP contribution in [0.2, 0.25) is 0 Å². The lowest BCUT2D eigenvalue weighted by atomic mass is 10.2. The molecule has 1 aromatic heterocycles. The fourth-order valence-corrected chi connectivity index (χ4v) is 2.36.